The molecule has 0 aliphatic heterocycles. The Morgan fingerprint density at radius 3 is 1.68 bits per heavy atom. The van der Waals surface area contributed by atoms with Crippen LogP contribution in [0, 0.1) is 0 Å². The van der Waals surface area contributed by atoms with Crippen molar-refractivity contribution in [3.05, 3.63) is 82.9 Å². The molecule has 0 radical (unpaired) electrons. The molecular weight excluding hydrogens is 268 g/mol. The predicted octanol–water partition coefficient (Wildman–Crippen LogP) is 5.25. The Hall–Kier alpha value is -2.15. The number of rotatable bonds is 4. The average molecular weight is 290 g/mol. The molecule has 3 rings (SSSR count). The lowest BCUT2D eigenvalue weighted by molar-refractivity contribution is -0.116. The molecule has 0 aromatic heterocycles. The van der Waals surface area contributed by atoms with E-state index >= 15 is 0 Å². The van der Waals surface area contributed by atoms with E-state index in [0.717, 1.165) is 24.0 Å². The van der Waals surface area contributed by atoms with Gasteiger partial charge in [0.1, 0.15) is 0 Å². The Morgan fingerprint density at radius 1 is 0.727 bits per heavy atom. The first-order chi connectivity index (χ1) is 10.8. The molecular formula is C21H22O. The summed E-state index contributed by atoms with van der Waals surface area (Å²) in [5.74, 6) is 0.448. The molecule has 1 heteroatoms. The molecule has 1 nitrogen and oxygen atoms in total. The summed E-state index contributed by atoms with van der Waals surface area (Å²) in [5, 5.41) is 0. The molecule has 0 amide bonds. The standard InChI is InChI=1S/C21H22O/c1-3-17-18(4-2)21(22)20(16-13-9-6-10-14-16)19(17)15-11-7-5-8-12-15/h5-14,19-20H,3-4H2,1-2H3. The zero-order chi connectivity index (χ0) is 15.5. The van der Waals surface area contributed by atoms with Crippen molar-refractivity contribution >= 4 is 5.78 Å². The fourth-order valence-electron chi connectivity index (χ4n) is 3.78. The van der Waals surface area contributed by atoms with E-state index in [1.54, 1.807) is 0 Å². The molecule has 0 heterocycles. The number of hydrogen-bond acceptors (Lipinski definition) is 1. The zero-order valence-corrected chi connectivity index (χ0v) is 13.3. The molecule has 0 bridgehead atoms. The largest absolute Gasteiger partial charge is 0.294 e. The van der Waals surface area contributed by atoms with Gasteiger partial charge in [0.05, 0.1) is 5.92 Å². The summed E-state index contributed by atoms with van der Waals surface area (Å²) in [5.41, 5.74) is 4.76. The van der Waals surface area contributed by atoms with E-state index in [4.69, 9.17) is 0 Å². The van der Waals surface area contributed by atoms with Gasteiger partial charge in [-0.25, -0.2) is 0 Å². The van der Waals surface area contributed by atoms with Gasteiger partial charge in [0.2, 0.25) is 0 Å². The first kappa shape index (κ1) is 14.8. The van der Waals surface area contributed by atoms with Gasteiger partial charge in [0.25, 0.3) is 0 Å². The SMILES string of the molecule is CCC1=C(CC)C(c2ccccc2)C(c2ccccc2)C1=O. The molecule has 0 spiro atoms. The average Bonchev–Trinajstić information content (AvgIpc) is 2.88. The monoisotopic (exact) mass is 290 g/mol. The number of ketones is 1. The smallest absolute Gasteiger partial charge is 0.167 e. The number of carbonyl (C=O) groups excluding carboxylic acids is 1. The molecule has 0 saturated heterocycles. The lowest BCUT2D eigenvalue weighted by Crippen LogP contribution is -2.15. The van der Waals surface area contributed by atoms with Crippen LogP contribution >= 0.6 is 0 Å². The molecule has 0 N–H and O–H groups in total. The van der Waals surface area contributed by atoms with Gasteiger partial charge in [-0.05, 0) is 29.5 Å². The van der Waals surface area contributed by atoms with Crippen LogP contribution in [-0.4, -0.2) is 5.78 Å². The number of benzene rings is 2. The van der Waals surface area contributed by atoms with Gasteiger partial charge >= 0.3 is 0 Å². The third-order valence-corrected chi connectivity index (χ3v) is 4.73. The van der Waals surface area contributed by atoms with Crippen LogP contribution < -0.4 is 0 Å². The highest BCUT2D eigenvalue weighted by Crippen LogP contribution is 2.49. The molecule has 2 unspecified atom stereocenters. The highest BCUT2D eigenvalue weighted by molar-refractivity contribution is 6.05. The van der Waals surface area contributed by atoms with E-state index in [1.807, 2.05) is 24.3 Å². The highest BCUT2D eigenvalue weighted by atomic mass is 16.1. The molecule has 2 aromatic carbocycles. The number of carbonyl (C=O) groups is 1. The van der Waals surface area contributed by atoms with Crippen LogP contribution in [0.5, 0.6) is 0 Å². The van der Waals surface area contributed by atoms with Crippen molar-refractivity contribution in [1.82, 2.24) is 0 Å². The van der Waals surface area contributed by atoms with Crippen LogP contribution in [0.25, 0.3) is 0 Å². The van der Waals surface area contributed by atoms with Crippen LogP contribution in [0.4, 0.5) is 0 Å². The number of Topliss-reactive ketones (excluding diaryl/α,β-unsaturated/α-hetero) is 1. The van der Waals surface area contributed by atoms with E-state index in [2.05, 4.69) is 50.2 Å². The van der Waals surface area contributed by atoms with E-state index in [-0.39, 0.29) is 11.8 Å². The molecule has 112 valence electrons. The quantitative estimate of drug-likeness (QED) is 0.751. The summed E-state index contributed by atoms with van der Waals surface area (Å²) >= 11 is 0. The van der Waals surface area contributed by atoms with E-state index < -0.39 is 0 Å². The summed E-state index contributed by atoms with van der Waals surface area (Å²) in [6.45, 7) is 4.26. The second-order valence-corrected chi connectivity index (χ2v) is 5.85. The summed E-state index contributed by atoms with van der Waals surface area (Å²) < 4.78 is 0. The Labute approximate surface area is 132 Å². The van der Waals surface area contributed by atoms with Crippen LogP contribution in [-0.2, 0) is 4.79 Å². The number of hydrogen-bond donors (Lipinski definition) is 0. The van der Waals surface area contributed by atoms with E-state index in [9.17, 15) is 4.79 Å². The summed E-state index contributed by atoms with van der Waals surface area (Å²) in [6.07, 6.45) is 1.77. The van der Waals surface area contributed by atoms with Crippen LogP contribution in [0.1, 0.15) is 49.7 Å². The van der Waals surface area contributed by atoms with Crippen molar-refractivity contribution in [2.24, 2.45) is 0 Å². The Morgan fingerprint density at radius 2 is 1.23 bits per heavy atom. The van der Waals surface area contributed by atoms with Crippen molar-refractivity contribution in [3.63, 3.8) is 0 Å². The maximum atomic E-state index is 13.0. The van der Waals surface area contributed by atoms with E-state index in [1.165, 1.54) is 11.1 Å². The molecule has 22 heavy (non-hydrogen) atoms. The van der Waals surface area contributed by atoms with Gasteiger partial charge in [-0.1, -0.05) is 80.1 Å². The van der Waals surface area contributed by atoms with Gasteiger partial charge in [-0.2, -0.15) is 0 Å². The first-order valence-corrected chi connectivity index (χ1v) is 8.13. The maximum absolute atomic E-state index is 13.0. The maximum Gasteiger partial charge on any atom is 0.167 e. The second kappa shape index (κ2) is 6.31. The molecule has 2 aromatic rings. The number of allylic oxidation sites excluding steroid dienone is 2. The Balaban J connectivity index is 2.15. The van der Waals surface area contributed by atoms with Crippen molar-refractivity contribution in [1.29, 1.82) is 0 Å². The normalized spacial score (nSPS) is 21.5. The summed E-state index contributed by atoms with van der Waals surface area (Å²) in [6, 6.07) is 20.7. The van der Waals surface area contributed by atoms with Crippen molar-refractivity contribution in [2.45, 2.75) is 38.5 Å². The third kappa shape index (κ3) is 2.41. The van der Waals surface area contributed by atoms with Crippen molar-refractivity contribution in [2.75, 3.05) is 0 Å². The minimum atomic E-state index is -0.0616. The minimum absolute atomic E-state index is 0.0616. The molecule has 0 fully saturated rings. The Kier molecular flexibility index (Phi) is 4.24. The fourth-order valence-corrected chi connectivity index (χ4v) is 3.78. The molecule has 1 aliphatic carbocycles. The van der Waals surface area contributed by atoms with Gasteiger partial charge in [-0.3, -0.25) is 4.79 Å². The first-order valence-electron chi connectivity index (χ1n) is 8.13. The fraction of sp³-hybridized carbons (Fsp3) is 0.286. The highest BCUT2D eigenvalue weighted by Gasteiger charge is 2.41. The van der Waals surface area contributed by atoms with Gasteiger partial charge in [-0.15, -0.1) is 0 Å². The van der Waals surface area contributed by atoms with Crippen LogP contribution in [0.15, 0.2) is 71.8 Å². The topological polar surface area (TPSA) is 17.1 Å². The van der Waals surface area contributed by atoms with Crippen LogP contribution in [0.2, 0.25) is 0 Å². The van der Waals surface area contributed by atoms with Gasteiger partial charge in [0.15, 0.2) is 5.78 Å². The van der Waals surface area contributed by atoms with E-state index in [0.29, 0.717) is 5.78 Å². The van der Waals surface area contributed by atoms with Crippen LogP contribution in [0.3, 0.4) is 0 Å². The predicted molar refractivity (Wildman–Crippen MR) is 91.0 cm³/mol. The minimum Gasteiger partial charge on any atom is -0.294 e. The van der Waals surface area contributed by atoms with Crippen molar-refractivity contribution < 1.29 is 4.79 Å². The Bertz CT molecular complexity index is 682. The second-order valence-electron chi connectivity index (χ2n) is 5.85. The lowest BCUT2D eigenvalue weighted by atomic mass is 9.80. The third-order valence-electron chi connectivity index (χ3n) is 4.73. The van der Waals surface area contributed by atoms with Gasteiger partial charge in [0, 0.05) is 5.92 Å². The van der Waals surface area contributed by atoms with Gasteiger partial charge < -0.3 is 0 Å². The molecule has 2 atom stereocenters. The summed E-state index contributed by atoms with van der Waals surface area (Å²) in [4.78, 5) is 13.0. The summed E-state index contributed by atoms with van der Waals surface area (Å²) in [7, 11) is 0. The lowest BCUT2D eigenvalue weighted by Gasteiger charge is -2.22. The van der Waals surface area contributed by atoms with Crippen molar-refractivity contribution in [3.8, 4) is 0 Å². The molecule has 0 saturated carbocycles. The zero-order valence-electron chi connectivity index (χ0n) is 13.3. The molecule has 1 aliphatic rings.